The Balaban J connectivity index is 1.88. The van der Waals surface area contributed by atoms with Gasteiger partial charge in [0, 0.05) is 24.7 Å². The number of aromatic nitrogens is 2. The quantitative estimate of drug-likeness (QED) is 0.914. The van der Waals surface area contributed by atoms with Gasteiger partial charge < -0.3 is 10.0 Å². The van der Waals surface area contributed by atoms with Gasteiger partial charge in [0.2, 0.25) is 0 Å². The Morgan fingerprint density at radius 1 is 1.32 bits per heavy atom. The number of nitrogens with zero attached hydrogens (tertiary/aromatic N) is 3. The number of rotatable bonds is 2. The van der Waals surface area contributed by atoms with E-state index in [9.17, 15) is 14.7 Å². The standard InChI is InChI=1S/C16H17N3O3/c1-10-4-3-5-11(8-10)15(20)19-7-6-12-13(9-19)18(2)17-14(12)16(21)22/h3-5,8H,6-7,9H2,1-2H3,(H,21,22). The molecular formula is C16H17N3O3. The predicted octanol–water partition coefficient (Wildman–Crippen LogP) is 1.63. The summed E-state index contributed by atoms with van der Waals surface area (Å²) >= 11 is 0. The Bertz CT molecular complexity index is 764. The van der Waals surface area contributed by atoms with Crippen LogP contribution in [0.2, 0.25) is 0 Å². The fourth-order valence-electron chi connectivity index (χ4n) is 2.88. The zero-order valence-corrected chi connectivity index (χ0v) is 12.5. The molecule has 1 amide bonds. The van der Waals surface area contributed by atoms with Crippen molar-refractivity contribution in [1.82, 2.24) is 14.7 Å². The molecule has 1 N–H and O–H groups in total. The van der Waals surface area contributed by atoms with Crippen molar-refractivity contribution in [2.45, 2.75) is 19.9 Å². The summed E-state index contributed by atoms with van der Waals surface area (Å²) in [4.78, 5) is 25.5. The van der Waals surface area contributed by atoms with Crippen molar-refractivity contribution in [3.8, 4) is 0 Å². The van der Waals surface area contributed by atoms with Crippen molar-refractivity contribution in [2.75, 3.05) is 6.54 Å². The fraction of sp³-hybridized carbons (Fsp3) is 0.312. The van der Waals surface area contributed by atoms with E-state index >= 15 is 0 Å². The highest BCUT2D eigenvalue weighted by atomic mass is 16.4. The van der Waals surface area contributed by atoms with Crippen LogP contribution in [0.5, 0.6) is 0 Å². The Hall–Kier alpha value is -2.63. The van der Waals surface area contributed by atoms with E-state index in [1.807, 2.05) is 25.1 Å². The first kappa shape index (κ1) is 14.3. The number of fused-ring (bicyclic) bond motifs is 1. The number of carbonyl (C=O) groups excluding carboxylic acids is 1. The molecular weight excluding hydrogens is 282 g/mol. The third-order valence-electron chi connectivity index (χ3n) is 4.00. The summed E-state index contributed by atoms with van der Waals surface area (Å²) in [6, 6.07) is 7.48. The van der Waals surface area contributed by atoms with Gasteiger partial charge in [-0.25, -0.2) is 4.79 Å². The highest BCUT2D eigenvalue weighted by Gasteiger charge is 2.29. The van der Waals surface area contributed by atoms with E-state index in [1.165, 1.54) is 0 Å². The van der Waals surface area contributed by atoms with Gasteiger partial charge in [0.25, 0.3) is 5.91 Å². The molecule has 0 aliphatic carbocycles. The summed E-state index contributed by atoms with van der Waals surface area (Å²) in [6.07, 6.45) is 0.516. The van der Waals surface area contributed by atoms with Gasteiger partial charge >= 0.3 is 5.97 Å². The lowest BCUT2D eigenvalue weighted by Crippen LogP contribution is -2.36. The summed E-state index contributed by atoms with van der Waals surface area (Å²) in [7, 11) is 1.71. The van der Waals surface area contributed by atoms with Gasteiger partial charge in [-0.3, -0.25) is 9.48 Å². The number of carboxylic acid groups (broad SMARTS) is 1. The second-order valence-electron chi connectivity index (χ2n) is 5.55. The van der Waals surface area contributed by atoms with Crippen LogP contribution in [0, 0.1) is 6.92 Å². The molecule has 3 rings (SSSR count). The van der Waals surface area contributed by atoms with Crippen LogP contribution < -0.4 is 0 Å². The number of carbonyl (C=O) groups is 2. The number of aryl methyl sites for hydroxylation is 2. The minimum atomic E-state index is -1.02. The van der Waals surface area contributed by atoms with Crippen molar-refractivity contribution in [1.29, 1.82) is 0 Å². The first-order valence-electron chi connectivity index (χ1n) is 7.11. The van der Waals surface area contributed by atoms with E-state index < -0.39 is 5.97 Å². The monoisotopic (exact) mass is 299 g/mol. The van der Waals surface area contributed by atoms with Crippen LogP contribution in [0.15, 0.2) is 24.3 Å². The zero-order chi connectivity index (χ0) is 15.9. The molecule has 0 saturated heterocycles. The first-order valence-corrected chi connectivity index (χ1v) is 7.11. The van der Waals surface area contributed by atoms with Crippen molar-refractivity contribution in [3.63, 3.8) is 0 Å². The number of hydrogen-bond acceptors (Lipinski definition) is 3. The van der Waals surface area contributed by atoms with Gasteiger partial charge in [-0.2, -0.15) is 5.10 Å². The average Bonchev–Trinajstić information content (AvgIpc) is 2.83. The molecule has 1 aliphatic rings. The number of hydrogen-bond donors (Lipinski definition) is 1. The van der Waals surface area contributed by atoms with Gasteiger partial charge in [-0.15, -0.1) is 0 Å². The van der Waals surface area contributed by atoms with E-state index in [0.717, 1.165) is 16.8 Å². The lowest BCUT2D eigenvalue weighted by molar-refractivity contribution is 0.0688. The van der Waals surface area contributed by atoms with Crippen molar-refractivity contribution >= 4 is 11.9 Å². The lowest BCUT2D eigenvalue weighted by atomic mass is 10.0. The molecule has 6 nitrogen and oxygen atoms in total. The maximum Gasteiger partial charge on any atom is 0.356 e. The molecule has 0 unspecified atom stereocenters. The minimum Gasteiger partial charge on any atom is -0.476 e. The smallest absolute Gasteiger partial charge is 0.356 e. The topological polar surface area (TPSA) is 75.4 Å². The molecule has 1 aromatic carbocycles. The van der Waals surface area contributed by atoms with E-state index in [-0.39, 0.29) is 11.6 Å². The molecule has 1 aliphatic heterocycles. The molecule has 0 radical (unpaired) electrons. The maximum atomic E-state index is 12.6. The molecule has 0 atom stereocenters. The number of amides is 1. The van der Waals surface area contributed by atoms with E-state index in [4.69, 9.17) is 0 Å². The summed E-state index contributed by atoms with van der Waals surface area (Å²) in [5.41, 5.74) is 3.33. The van der Waals surface area contributed by atoms with E-state index in [2.05, 4.69) is 5.10 Å². The number of aromatic carboxylic acids is 1. The van der Waals surface area contributed by atoms with Crippen LogP contribution in [0.4, 0.5) is 0 Å². The van der Waals surface area contributed by atoms with Crippen LogP contribution in [-0.2, 0) is 20.0 Å². The Morgan fingerprint density at radius 3 is 2.77 bits per heavy atom. The lowest BCUT2D eigenvalue weighted by Gasteiger charge is -2.27. The second kappa shape index (κ2) is 5.29. The molecule has 1 aromatic heterocycles. The van der Waals surface area contributed by atoms with Gasteiger partial charge in [0.1, 0.15) is 0 Å². The largest absolute Gasteiger partial charge is 0.476 e. The molecule has 22 heavy (non-hydrogen) atoms. The van der Waals surface area contributed by atoms with Crippen LogP contribution in [0.1, 0.15) is 37.7 Å². The Kier molecular flexibility index (Phi) is 3.44. The third kappa shape index (κ3) is 2.36. The minimum absolute atomic E-state index is 0.0348. The average molecular weight is 299 g/mol. The molecule has 0 saturated carbocycles. The zero-order valence-electron chi connectivity index (χ0n) is 12.5. The molecule has 0 spiro atoms. The molecule has 2 aromatic rings. The SMILES string of the molecule is Cc1cccc(C(=O)N2CCc3c(C(=O)O)nn(C)c3C2)c1. The van der Waals surface area contributed by atoms with E-state index in [1.54, 1.807) is 22.7 Å². The van der Waals surface area contributed by atoms with Crippen LogP contribution in [-0.4, -0.2) is 38.2 Å². The first-order chi connectivity index (χ1) is 10.5. The number of benzene rings is 1. The van der Waals surface area contributed by atoms with Crippen molar-refractivity contribution in [2.24, 2.45) is 7.05 Å². The van der Waals surface area contributed by atoms with Crippen molar-refractivity contribution in [3.05, 3.63) is 52.3 Å². The van der Waals surface area contributed by atoms with Gasteiger partial charge in [-0.05, 0) is 25.5 Å². The molecule has 6 heteroatoms. The van der Waals surface area contributed by atoms with Gasteiger partial charge in [-0.1, -0.05) is 17.7 Å². The van der Waals surface area contributed by atoms with Gasteiger partial charge in [0.05, 0.1) is 12.2 Å². The fourth-order valence-corrected chi connectivity index (χ4v) is 2.88. The van der Waals surface area contributed by atoms with Crippen LogP contribution in [0.3, 0.4) is 0 Å². The van der Waals surface area contributed by atoms with Gasteiger partial charge in [0.15, 0.2) is 5.69 Å². The molecule has 2 heterocycles. The second-order valence-corrected chi connectivity index (χ2v) is 5.55. The third-order valence-corrected chi connectivity index (χ3v) is 4.00. The summed E-state index contributed by atoms with van der Waals surface area (Å²) in [5, 5.41) is 13.2. The van der Waals surface area contributed by atoms with Crippen molar-refractivity contribution < 1.29 is 14.7 Å². The number of carboxylic acids is 1. The molecule has 0 bridgehead atoms. The highest BCUT2D eigenvalue weighted by molar-refractivity contribution is 5.94. The maximum absolute atomic E-state index is 12.6. The van der Waals surface area contributed by atoms with E-state index in [0.29, 0.717) is 25.1 Å². The normalized spacial score (nSPS) is 13.8. The highest BCUT2D eigenvalue weighted by Crippen LogP contribution is 2.23. The summed E-state index contributed by atoms with van der Waals surface area (Å²) in [5.74, 6) is -1.05. The van der Waals surface area contributed by atoms with Crippen LogP contribution in [0.25, 0.3) is 0 Å². The predicted molar refractivity (Wildman–Crippen MR) is 79.8 cm³/mol. The Labute approximate surface area is 128 Å². The summed E-state index contributed by atoms with van der Waals surface area (Å²) in [6.45, 7) is 2.84. The molecule has 0 fully saturated rings. The van der Waals surface area contributed by atoms with Crippen LogP contribution >= 0.6 is 0 Å². The molecule has 114 valence electrons. The summed E-state index contributed by atoms with van der Waals surface area (Å²) < 4.78 is 1.56. The Morgan fingerprint density at radius 2 is 2.09 bits per heavy atom.